The predicted molar refractivity (Wildman–Crippen MR) is 101 cm³/mol. The van der Waals surface area contributed by atoms with Crippen molar-refractivity contribution in [2.75, 3.05) is 25.5 Å². The molecule has 140 valence electrons. The number of carbonyl (C=O) groups is 2. The number of furan rings is 1. The van der Waals surface area contributed by atoms with Gasteiger partial charge >= 0.3 is 6.03 Å². The lowest BCUT2D eigenvalue weighted by molar-refractivity contribution is 0.0926. The Balaban J connectivity index is 2.14. The molecule has 0 unspecified atom stereocenters. The van der Waals surface area contributed by atoms with E-state index in [0.717, 1.165) is 18.4 Å². The number of benzene rings is 1. The van der Waals surface area contributed by atoms with Crippen molar-refractivity contribution in [2.24, 2.45) is 0 Å². The van der Waals surface area contributed by atoms with E-state index in [-0.39, 0.29) is 17.7 Å². The topological polar surface area (TPSA) is 92.6 Å². The van der Waals surface area contributed by atoms with Gasteiger partial charge in [-0.3, -0.25) is 4.79 Å². The van der Waals surface area contributed by atoms with Crippen molar-refractivity contribution in [2.45, 2.75) is 26.7 Å². The van der Waals surface area contributed by atoms with Crippen LogP contribution in [0, 0.1) is 0 Å². The van der Waals surface area contributed by atoms with Crippen LogP contribution in [-0.4, -0.2) is 32.1 Å². The van der Waals surface area contributed by atoms with Gasteiger partial charge in [-0.1, -0.05) is 13.3 Å². The van der Waals surface area contributed by atoms with E-state index in [4.69, 9.17) is 9.15 Å². The molecule has 0 spiro atoms. The summed E-state index contributed by atoms with van der Waals surface area (Å²) in [6.45, 7) is 5.06. The molecular formula is C19H25N3O4. The summed E-state index contributed by atoms with van der Waals surface area (Å²) in [6.07, 6.45) is 1.94. The summed E-state index contributed by atoms with van der Waals surface area (Å²) in [5.74, 6) is 1.08. The maximum atomic E-state index is 12.0. The molecule has 0 aliphatic heterocycles. The predicted octanol–water partition coefficient (Wildman–Crippen LogP) is 3.63. The lowest BCUT2D eigenvalue weighted by atomic mass is 10.1. The van der Waals surface area contributed by atoms with Gasteiger partial charge in [-0.25, -0.2) is 4.79 Å². The van der Waals surface area contributed by atoms with Crippen molar-refractivity contribution in [3.63, 3.8) is 0 Å². The summed E-state index contributed by atoms with van der Waals surface area (Å²) in [7, 11) is 1.52. The van der Waals surface area contributed by atoms with Crippen LogP contribution >= 0.6 is 0 Å². The molecule has 0 aliphatic carbocycles. The smallest absolute Gasteiger partial charge is 0.319 e. The average Bonchev–Trinajstić information content (AvgIpc) is 3.12. The fourth-order valence-electron chi connectivity index (χ4n) is 2.36. The molecule has 3 amide bonds. The van der Waals surface area contributed by atoms with Gasteiger partial charge in [0.1, 0.15) is 11.5 Å². The second-order valence-corrected chi connectivity index (χ2v) is 5.67. The Morgan fingerprint density at radius 1 is 1.12 bits per heavy atom. The third-order valence-electron chi connectivity index (χ3n) is 3.72. The van der Waals surface area contributed by atoms with E-state index >= 15 is 0 Å². The van der Waals surface area contributed by atoms with Gasteiger partial charge in [0.05, 0.1) is 12.8 Å². The standard InChI is InChI=1S/C19H25N3O4/c1-4-6-11-21-18(23)16-10-9-15(26-16)13-7-8-14(17(12-13)25-3)22-19(24)20-5-2/h7-10,12H,4-6,11H2,1-3H3,(H,21,23)(H2,20,22,24). The van der Waals surface area contributed by atoms with E-state index in [0.29, 0.717) is 30.3 Å². The van der Waals surface area contributed by atoms with Crippen molar-refractivity contribution in [3.8, 4) is 17.1 Å². The van der Waals surface area contributed by atoms with E-state index in [1.165, 1.54) is 7.11 Å². The Morgan fingerprint density at radius 3 is 2.62 bits per heavy atom. The fraction of sp³-hybridized carbons (Fsp3) is 0.368. The number of methoxy groups -OCH3 is 1. The molecular weight excluding hydrogens is 334 g/mol. The molecule has 2 rings (SSSR count). The monoisotopic (exact) mass is 359 g/mol. The van der Waals surface area contributed by atoms with Crippen LogP contribution in [0.4, 0.5) is 10.5 Å². The van der Waals surface area contributed by atoms with Crippen LogP contribution in [0.25, 0.3) is 11.3 Å². The number of unbranched alkanes of at least 4 members (excludes halogenated alkanes) is 1. The Hall–Kier alpha value is -2.96. The lowest BCUT2D eigenvalue weighted by Gasteiger charge is -2.11. The summed E-state index contributed by atoms with van der Waals surface area (Å²) in [5, 5.41) is 8.20. The van der Waals surface area contributed by atoms with Gasteiger partial charge in [0.25, 0.3) is 5.91 Å². The maximum absolute atomic E-state index is 12.0. The number of ether oxygens (including phenoxy) is 1. The van der Waals surface area contributed by atoms with Crippen LogP contribution in [0.2, 0.25) is 0 Å². The zero-order chi connectivity index (χ0) is 18.9. The van der Waals surface area contributed by atoms with Gasteiger partial charge in [-0.05, 0) is 43.7 Å². The van der Waals surface area contributed by atoms with Crippen LogP contribution in [0.1, 0.15) is 37.2 Å². The molecule has 26 heavy (non-hydrogen) atoms. The van der Waals surface area contributed by atoms with Gasteiger partial charge in [0.2, 0.25) is 0 Å². The highest BCUT2D eigenvalue weighted by atomic mass is 16.5. The number of hydrogen-bond donors (Lipinski definition) is 3. The molecule has 1 aromatic heterocycles. The zero-order valence-corrected chi connectivity index (χ0v) is 15.3. The third kappa shape index (κ3) is 5.02. The van der Waals surface area contributed by atoms with Crippen molar-refractivity contribution in [1.82, 2.24) is 10.6 Å². The van der Waals surface area contributed by atoms with Gasteiger partial charge in [-0.2, -0.15) is 0 Å². The normalized spacial score (nSPS) is 10.3. The van der Waals surface area contributed by atoms with Gasteiger partial charge in [0, 0.05) is 18.7 Å². The zero-order valence-electron chi connectivity index (χ0n) is 15.3. The quantitative estimate of drug-likeness (QED) is 0.628. The van der Waals surface area contributed by atoms with E-state index in [9.17, 15) is 9.59 Å². The first-order valence-electron chi connectivity index (χ1n) is 8.70. The Kier molecular flexibility index (Phi) is 7.08. The molecule has 7 nitrogen and oxygen atoms in total. The molecule has 0 fully saturated rings. The van der Waals surface area contributed by atoms with Crippen LogP contribution in [0.15, 0.2) is 34.7 Å². The van der Waals surface area contributed by atoms with E-state index in [1.54, 1.807) is 30.3 Å². The van der Waals surface area contributed by atoms with Crippen molar-refractivity contribution in [1.29, 1.82) is 0 Å². The Bertz CT molecular complexity index is 755. The Morgan fingerprint density at radius 2 is 1.92 bits per heavy atom. The molecule has 0 saturated heterocycles. The fourth-order valence-corrected chi connectivity index (χ4v) is 2.36. The number of amides is 3. The third-order valence-corrected chi connectivity index (χ3v) is 3.72. The first-order chi connectivity index (χ1) is 12.6. The van der Waals surface area contributed by atoms with E-state index in [2.05, 4.69) is 22.9 Å². The van der Waals surface area contributed by atoms with E-state index < -0.39 is 0 Å². The highest BCUT2D eigenvalue weighted by Crippen LogP contribution is 2.31. The highest BCUT2D eigenvalue weighted by Gasteiger charge is 2.14. The average molecular weight is 359 g/mol. The first kappa shape index (κ1) is 19.4. The first-order valence-corrected chi connectivity index (χ1v) is 8.70. The highest BCUT2D eigenvalue weighted by molar-refractivity contribution is 5.93. The second-order valence-electron chi connectivity index (χ2n) is 5.67. The number of urea groups is 1. The van der Waals surface area contributed by atoms with Crippen LogP contribution in [-0.2, 0) is 0 Å². The maximum Gasteiger partial charge on any atom is 0.319 e. The molecule has 1 heterocycles. The van der Waals surface area contributed by atoms with Crippen LogP contribution in [0.3, 0.4) is 0 Å². The van der Waals surface area contributed by atoms with E-state index in [1.807, 2.05) is 6.92 Å². The Labute approximate surface area is 153 Å². The molecule has 0 saturated carbocycles. The van der Waals surface area contributed by atoms with Crippen LogP contribution < -0.4 is 20.7 Å². The van der Waals surface area contributed by atoms with Gasteiger partial charge in [0.15, 0.2) is 5.76 Å². The number of hydrogen-bond acceptors (Lipinski definition) is 4. The van der Waals surface area contributed by atoms with Crippen molar-refractivity contribution >= 4 is 17.6 Å². The van der Waals surface area contributed by atoms with Crippen molar-refractivity contribution < 1.29 is 18.7 Å². The second kappa shape index (κ2) is 9.50. The number of anilines is 1. The number of nitrogens with one attached hydrogen (secondary N) is 3. The molecule has 0 atom stereocenters. The van der Waals surface area contributed by atoms with Gasteiger partial charge in [-0.15, -0.1) is 0 Å². The summed E-state index contributed by atoms with van der Waals surface area (Å²) in [6, 6.07) is 8.35. The summed E-state index contributed by atoms with van der Waals surface area (Å²) < 4.78 is 11.0. The largest absolute Gasteiger partial charge is 0.495 e. The minimum absolute atomic E-state index is 0.230. The molecule has 7 heteroatoms. The van der Waals surface area contributed by atoms with Crippen LogP contribution in [0.5, 0.6) is 5.75 Å². The molecule has 1 aromatic carbocycles. The molecule has 3 N–H and O–H groups in total. The SMILES string of the molecule is CCCCNC(=O)c1ccc(-c2ccc(NC(=O)NCC)c(OC)c2)o1. The summed E-state index contributed by atoms with van der Waals surface area (Å²) >= 11 is 0. The summed E-state index contributed by atoms with van der Waals surface area (Å²) in [4.78, 5) is 23.7. The molecule has 0 aliphatic rings. The number of rotatable bonds is 8. The molecule has 0 radical (unpaired) electrons. The van der Waals surface area contributed by atoms with Crippen molar-refractivity contribution in [3.05, 3.63) is 36.1 Å². The summed E-state index contributed by atoms with van der Waals surface area (Å²) in [5.41, 5.74) is 1.29. The van der Waals surface area contributed by atoms with Gasteiger partial charge < -0.3 is 25.1 Å². The number of carbonyl (C=O) groups excluding carboxylic acids is 2. The minimum atomic E-state index is -0.303. The minimum Gasteiger partial charge on any atom is -0.495 e. The molecule has 2 aromatic rings. The molecule has 0 bridgehead atoms. The lowest BCUT2D eigenvalue weighted by Crippen LogP contribution is -2.28.